The summed E-state index contributed by atoms with van der Waals surface area (Å²) in [6.45, 7) is 3.54. The predicted molar refractivity (Wildman–Crippen MR) is 124 cm³/mol. The number of ketones is 1. The minimum Gasteiger partial charge on any atom is -0.454 e. The highest BCUT2D eigenvalue weighted by Crippen LogP contribution is 2.65. The maximum Gasteiger partial charge on any atom is 0.338 e. The summed E-state index contributed by atoms with van der Waals surface area (Å²) in [5.74, 6) is -0.226. The average Bonchev–Trinajstić information content (AvgIpc) is 3.62. The second-order valence-electron chi connectivity index (χ2n) is 10.0. The van der Waals surface area contributed by atoms with E-state index in [1.807, 2.05) is 19.9 Å². The molecule has 6 heteroatoms. The number of hydrogen-bond acceptors (Lipinski definition) is 5. The van der Waals surface area contributed by atoms with Gasteiger partial charge in [-0.25, -0.2) is 4.79 Å². The van der Waals surface area contributed by atoms with Gasteiger partial charge in [0.25, 0.3) is 0 Å². The van der Waals surface area contributed by atoms with Gasteiger partial charge in [0.1, 0.15) is 0 Å². The largest absolute Gasteiger partial charge is 0.454 e. The van der Waals surface area contributed by atoms with Crippen molar-refractivity contribution in [2.75, 3.05) is 11.5 Å². The number of nitrogens with zero attached hydrogens (tertiary/aromatic N) is 1. The van der Waals surface area contributed by atoms with Gasteiger partial charge in [0.05, 0.1) is 23.1 Å². The van der Waals surface area contributed by atoms with Gasteiger partial charge in [0.15, 0.2) is 12.4 Å². The Morgan fingerprint density at radius 2 is 1.44 bits per heavy atom. The van der Waals surface area contributed by atoms with E-state index in [9.17, 15) is 19.2 Å². The first-order chi connectivity index (χ1) is 16.3. The lowest BCUT2D eigenvalue weighted by Crippen LogP contribution is -2.40. The summed E-state index contributed by atoms with van der Waals surface area (Å²) >= 11 is 0. The Morgan fingerprint density at radius 3 is 2.03 bits per heavy atom. The second kappa shape index (κ2) is 7.49. The number of anilines is 1. The SMILES string of the molecule is Cc1ccc(C(=O)COC(=O)c2ccc(N3C(=O)[C@@H]4[C@@H]5C=C[C@H]([C@H]6C[C@H]56)[C@@H]4C3=O)cc2)cc1C. The molecule has 2 bridgehead atoms. The van der Waals surface area contributed by atoms with Gasteiger partial charge < -0.3 is 4.74 Å². The molecular weight excluding hydrogens is 430 g/mol. The molecule has 0 spiro atoms. The van der Waals surface area contributed by atoms with Crippen molar-refractivity contribution in [3.8, 4) is 0 Å². The Morgan fingerprint density at radius 1 is 0.853 bits per heavy atom. The number of ether oxygens (including phenoxy) is 1. The lowest BCUT2D eigenvalue weighted by Gasteiger charge is -2.37. The molecule has 1 saturated heterocycles. The number of esters is 1. The van der Waals surface area contributed by atoms with Crippen LogP contribution in [-0.2, 0) is 14.3 Å². The van der Waals surface area contributed by atoms with Crippen LogP contribution in [0, 0.1) is 49.4 Å². The first-order valence-electron chi connectivity index (χ1n) is 11.8. The molecule has 6 atom stereocenters. The lowest BCUT2D eigenvalue weighted by molar-refractivity contribution is -0.124. The predicted octanol–water partition coefficient (Wildman–Crippen LogP) is 3.90. The maximum absolute atomic E-state index is 13.2. The Kier molecular flexibility index (Phi) is 4.63. The molecule has 2 saturated carbocycles. The number of allylic oxidation sites excluding steroid dienone is 2. The van der Waals surface area contributed by atoms with Crippen LogP contribution >= 0.6 is 0 Å². The molecule has 0 aromatic heterocycles. The molecule has 2 aromatic carbocycles. The number of rotatable bonds is 5. The first kappa shape index (κ1) is 21.0. The zero-order chi connectivity index (χ0) is 23.7. The van der Waals surface area contributed by atoms with Crippen molar-refractivity contribution in [1.29, 1.82) is 0 Å². The van der Waals surface area contributed by atoms with E-state index < -0.39 is 5.97 Å². The van der Waals surface area contributed by atoms with Gasteiger partial charge >= 0.3 is 5.97 Å². The van der Waals surface area contributed by atoms with Crippen molar-refractivity contribution in [3.05, 3.63) is 76.9 Å². The molecule has 6 nitrogen and oxygen atoms in total. The fourth-order valence-corrected chi connectivity index (χ4v) is 6.17. The standard InChI is InChI=1S/C28H25NO5/c1-14-3-4-17(11-15(14)2)23(30)13-34-28(33)16-5-7-18(8-6-16)29-26(31)24-19-9-10-20(22-12-21(19)22)25(24)27(29)32/h3-11,19-22,24-25H,12-13H2,1-2H3/t19-,20-,21-,22-,24-,25+/m1/s1. The molecule has 5 aliphatic rings. The zero-order valence-electron chi connectivity index (χ0n) is 19.1. The molecule has 2 aromatic rings. The number of carbonyl (C=O) groups is 4. The normalized spacial score (nSPS) is 30.2. The summed E-state index contributed by atoms with van der Waals surface area (Å²) in [5.41, 5.74) is 3.32. The van der Waals surface area contributed by atoms with E-state index in [2.05, 4.69) is 12.2 Å². The van der Waals surface area contributed by atoms with Crippen LogP contribution in [0.3, 0.4) is 0 Å². The summed E-state index contributed by atoms with van der Waals surface area (Å²) in [6, 6.07) is 11.6. The third-order valence-corrected chi connectivity index (χ3v) is 8.19. The molecule has 0 radical (unpaired) electrons. The highest BCUT2D eigenvalue weighted by Gasteiger charge is 2.67. The van der Waals surface area contributed by atoms with Crippen LogP contribution in [0.4, 0.5) is 5.69 Å². The van der Waals surface area contributed by atoms with E-state index in [4.69, 9.17) is 4.74 Å². The fraction of sp³-hybridized carbons (Fsp3) is 0.357. The summed E-state index contributed by atoms with van der Waals surface area (Å²) in [5, 5.41) is 0. The van der Waals surface area contributed by atoms with Gasteiger partial charge in [-0.15, -0.1) is 0 Å². The molecule has 2 amide bonds. The molecule has 1 aliphatic heterocycles. The minimum atomic E-state index is -0.626. The zero-order valence-corrected chi connectivity index (χ0v) is 19.1. The summed E-state index contributed by atoms with van der Waals surface area (Å²) in [4.78, 5) is 52.6. The number of hydrogen-bond donors (Lipinski definition) is 0. The minimum absolute atomic E-state index is 0.131. The van der Waals surface area contributed by atoms with Gasteiger partial charge in [-0.05, 0) is 85.4 Å². The Labute approximate surface area is 197 Å². The van der Waals surface area contributed by atoms with Gasteiger partial charge in [0.2, 0.25) is 11.8 Å². The van der Waals surface area contributed by atoms with E-state index in [1.165, 1.54) is 17.0 Å². The van der Waals surface area contributed by atoms with Crippen LogP contribution < -0.4 is 4.90 Å². The fourth-order valence-electron chi connectivity index (χ4n) is 6.17. The van der Waals surface area contributed by atoms with Crippen molar-refractivity contribution in [1.82, 2.24) is 0 Å². The Balaban J connectivity index is 1.13. The Hall–Kier alpha value is -3.54. The van der Waals surface area contributed by atoms with Gasteiger partial charge in [0, 0.05) is 5.56 Å². The van der Waals surface area contributed by atoms with Crippen molar-refractivity contribution < 1.29 is 23.9 Å². The maximum atomic E-state index is 13.2. The van der Waals surface area contributed by atoms with E-state index in [1.54, 1.807) is 24.3 Å². The molecule has 0 N–H and O–H groups in total. The summed E-state index contributed by atoms with van der Waals surface area (Å²) in [6.07, 6.45) is 5.42. The van der Waals surface area contributed by atoms with Crippen LogP contribution in [0.15, 0.2) is 54.6 Å². The van der Waals surface area contributed by atoms with Crippen LogP contribution in [-0.4, -0.2) is 30.2 Å². The quantitative estimate of drug-likeness (QED) is 0.296. The van der Waals surface area contributed by atoms with Gasteiger partial charge in [-0.2, -0.15) is 0 Å². The van der Waals surface area contributed by atoms with E-state index in [0.29, 0.717) is 23.1 Å². The van der Waals surface area contributed by atoms with E-state index >= 15 is 0 Å². The lowest BCUT2D eigenvalue weighted by atomic mass is 9.63. The third-order valence-electron chi connectivity index (χ3n) is 8.19. The number of aryl methyl sites for hydroxylation is 2. The molecule has 1 heterocycles. The monoisotopic (exact) mass is 455 g/mol. The molecule has 172 valence electrons. The highest BCUT2D eigenvalue weighted by molar-refractivity contribution is 6.22. The molecule has 3 fully saturated rings. The second-order valence-corrected chi connectivity index (χ2v) is 10.0. The van der Waals surface area contributed by atoms with Crippen LogP contribution in [0.5, 0.6) is 0 Å². The molecule has 0 unspecified atom stereocenters. The first-order valence-corrected chi connectivity index (χ1v) is 11.8. The molecule has 7 rings (SSSR count). The van der Waals surface area contributed by atoms with Gasteiger partial charge in [-0.1, -0.05) is 24.3 Å². The van der Waals surface area contributed by atoms with Crippen molar-refractivity contribution in [2.24, 2.45) is 35.5 Å². The average molecular weight is 456 g/mol. The highest BCUT2D eigenvalue weighted by atomic mass is 16.5. The van der Waals surface area contributed by atoms with Crippen molar-refractivity contribution in [2.45, 2.75) is 20.3 Å². The van der Waals surface area contributed by atoms with Gasteiger partial charge in [-0.3, -0.25) is 19.3 Å². The topological polar surface area (TPSA) is 80.8 Å². The smallest absolute Gasteiger partial charge is 0.338 e. The summed E-state index contributed by atoms with van der Waals surface area (Å²) < 4.78 is 5.21. The molecule has 4 aliphatic carbocycles. The number of Topliss-reactive ketones (excluding diaryl/α,β-unsaturated/α-hetero) is 1. The van der Waals surface area contributed by atoms with Crippen LogP contribution in [0.2, 0.25) is 0 Å². The number of carbonyl (C=O) groups excluding carboxylic acids is 4. The molecular formula is C28H25NO5. The van der Waals surface area contributed by atoms with E-state index in [-0.39, 0.29) is 53.4 Å². The van der Waals surface area contributed by atoms with Crippen LogP contribution in [0.25, 0.3) is 0 Å². The number of imide groups is 1. The molecule has 34 heavy (non-hydrogen) atoms. The van der Waals surface area contributed by atoms with Crippen LogP contribution in [0.1, 0.15) is 38.3 Å². The number of amides is 2. The third kappa shape index (κ3) is 3.08. The summed E-state index contributed by atoms with van der Waals surface area (Å²) in [7, 11) is 0. The number of benzene rings is 2. The van der Waals surface area contributed by atoms with Crippen molar-refractivity contribution >= 4 is 29.3 Å². The van der Waals surface area contributed by atoms with E-state index in [0.717, 1.165) is 17.5 Å². The van der Waals surface area contributed by atoms with Crippen molar-refractivity contribution in [3.63, 3.8) is 0 Å². The Bertz CT molecular complexity index is 1240.